The van der Waals surface area contributed by atoms with E-state index in [2.05, 4.69) is 14.8 Å². The normalized spacial score (nSPS) is 11.4. The highest BCUT2D eigenvalue weighted by molar-refractivity contribution is 7.92. The van der Waals surface area contributed by atoms with Crippen LogP contribution < -0.4 is 4.72 Å². The highest BCUT2D eigenvalue weighted by Gasteiger charge is 2.18. The Morgan fingerprint density at radius 2 is 2.24 bits per heavy atom. The predicted octanol–water partition coefficient (Wildman–Crippen LogP) is 1.27. The first-order chi connectivity index (χ1) is 7.99. The van der Waals surface area contributed by atoms with E-state index in [1.165, 1.54) is 29.2 Å². The minimum absolute atomic E-state index is 0.0643. The zero-order valence-corrected chi connectivity index (χ0v) is 10.4. The Morgan fingerprint density at radius 3 is 2.82 bits per heavy atom. The first-order valence-corrected chi connectivity index (χ1v) is 6.47. The third-order valence-corrected chi connectivity index (χ3v) is 3.80. The molecule has 0 aliphatic carbocycles. The van der Waals surface area contributed by atoms with Gasteiger partial charge in [-0.15, -0.1) is 0 Å². The third kappa shape index (κ3) is 2.56. The summed E-state index contributed by atoms with van der Waals surface area (Å²) in [5.41, 5.74) is 0.368. The Hall–Kier alpha value is -1.60. The van der Waals surface area contributed by atoms with E-state index in [1.807, 2.05) is 0 Å². The summed E-state index contributed by atoms with van der Waals surface area (Å²) in [4.78, 5) is 3.65. The van der Waals surface area contributed by atoms with Gasteiger partial charge in [0, 0.05) is 19.4 Å². The number of nitrogens with zero attached hydrogens (tertiary/aromatic N) is 3. The fraction of sp³-hybridized carbons (Fsp3) is 0.111. The molecule has 0 aliphatic heterocycles. The number of pyridine rings is 1. The predicted molar refractivity (Wildman–Crippen MR) is 63.3 cm³/mol. The lowest BCUT2D eigenvalue weighted by Gasteiger charge is -2.06. The van der Waals surface area contributed by atoms with E-state index < -0.39 is 10.0 Å². The molecule has 1 N–H and O–H groups in total. The SMILES string of the molecule is Cn1cc(NS(=O)(=O)c2cccnc2Cl)cn1. The van der Waals surface area contributed by atoms with Gasteiger partial charge in [-0.05, 0) is 12.1 Å². The van der Waals surface area contributed by atoms with Crippen LogP contribution in [0.5, 0.6) is 0 Å². The number of aryl methyl sites for hydroxylation is 1. The van der Waals surface area contributed by atoms with Crippen molar-refractivity contribution in [2.24, 2.45) is 7.05 Å². The van der Waals surface area contributed by atoms with Crippen LogP contribution in [0.4, 0.5) is 5.69 Å². The van der Waals surface area contributed by atoms with Gasteiger partial charge < -0.3 is 0 Å². The van der Waals surface area contributed by atoms with Crippen LogP contribution in [0.25, 0.3) is 0 Å². The van der Waals surface area contributed by atoms with Gasteiger partial charge in [-0.1, -0.05) is 11.6 Å². The number of anilines is 1. The summed E-state index contributed by atoms with van der Waals surface area (Å²) >= 11 is 5.73. The lowest BCUT2D eigenvalue weighted by molar-refractivity contribution is 0.601. The Balaban J connectivity index is 2.35. The molecule has 2 heterocycles. The van der Waals surface area contributed by atoms with E-state index in [0.29, 0.717) is 5.69 Å². The zero-order chi connectivity index (χ0) is 12.5. The summed E-state index contributed by atoms with van der Waals surface area (Å²) in [6, 6.07) is 2.89. The van der Waals surface area contributed by atoms with Crippen LogP contribution in [0.2, 0.25) is 5.15 Å². The fourth-order valence-corrected chi connectivity index (χ4v) is 2.74. The highest BCUT2D eigenvalue weighted by atomic mass is 35.5. The Labute approximate surface area is 103 Å². The molecular formula is C9H9ClN4O2S. The van der Waals surface area contributed by atoms with E-state index in [1.54, 1.807) is 13.2 Å². The summed E-state index contributed by atoms with van der Waals surface area (Å²) in [5, 5.41) is 3.79. The number of hydrogen-bond donors (Lipinski definition) is 1. The average molecular weight is 273 g/mol. The molecule has 2 rings (SSSR count). The Kier molecular flexibility index (Phi) is 3.03. The summed E-state index contributed by atoms with van der Waals surface area (Å²) in [7, 11) is -2.04. The molecule has 8 heteroatoms. The topological polar surface area (TPSA) is 76.9 Å². The lowest BCUT2D eigenvalue weighted by atomic mass is 10.5. The quantitative estimate of drug-likeness (QED) is 0.854. The molecule has 6 nitrogen and oxygen atoms in total. The van der Waals surface area contributed by atoms with Crippen LogP contribution in [-0.2, 0) is 17.1 Å². The van der Waals surface area contributed by atoms with Crippen LogP contribution in [0.1, 0.15) is 0 Å². The molecule has 0 atom stereocenters. The average Bonchev–Trinajstić information content (AvgIpc) is 2.63. The summed E-state index contributed by atoms with van der Waals surface area (Å²) < 4.78 is 27.8. The van der Waals surface area contributed by atoms with Crippen molar-refractivity contribution >= 4 is 27.3 Å². The van der Waals surface area contributed by atoms with Gasteiger partial charge in [0.25, 0.3) is 10.0 Å². The number of hydrogen-bond acceptors (Lipinski definition) is 4. The van der Waals surface area contributed by atoms with Crippen molar-refractivity contribution in [1.29, 1.82) is 0 Å². The molecule has 0 unspecified atom stereocenters. The maximum Gasteiger partial charge on any atom is 0.265 e. The van der Waals surface area contributed by atoms with Crippen molar-refractivity contribution in [2.45, 2.75) is 4.90 Å². The van der Waals surface area contributed by atoms with Gasteiger partial charge in [-0.2, -0.15) is 5.10 Å². The first kappa shape index (κ1) is 11.9. The van der Waals surface area contributed by atoms with E-state index in [-0.39, 0.29) is 10.0 Å². The van der Waals surface area contributed by atoms with Gasteiger partial charge in [0.05, 0.1) is 11.9 Å². The van der Waals surface area contributed by atoms with Crippen LogP contribution in [0.3, 0.4) is 0 Å². The van der Waals surface area contributed by atoms with Gasteiger partial charge in [0.1, 0.15) is 10.0 Å². The molecule has 0 saturated carbocycles. The molecule has 0 aromatic carbocycles. The fourth-order valence-electron chi connectivity index (χ4n) is 1.26. The number of nitrogens with one attached hydrogen (secondary N) is 1. The molecule has 2 aromatic rings. The van der Waals surface area contributed by atoms with Crippen molar-refractivity contribution in [2.75, 3.05) is 4.72 Å². The van der Waals surface area contributed by atoms with Gasteiger partial charge in [-0.25, -0.2) is 13.4 Å². The number of aromatic nitrogens is 3. The maximum atomic E-state index is 12.0. The van der Waals surface area contributed by atoms with Gasteiger partial charge in [-0.3, -0.25) is 9.40 Å². The van der Waals surface area contributed by atoms with Crippen LogP contribution in [0.15, 0.2) is 35.6 Å². The standard InChI is InChI=1S/C9H9ClN4O2S/c1-14-6-7(5-12-14)13-17(15,16)8-3-2-4-11-9(8)10/h2-6,13H,1H3. The number of rotatable bonds is 3. The molecule has 2 aromatic heterocycles. The van der Waals surface area contributed by atoms with E-state index in [0.717, 1.165) is 0 Å². The molecule has 0 amide bonds. The molecular weight excluding hydrogens is 264 g/mol. The van der Waals surface area contributed by atoms with Crippen LogP contribution in [0, 0.1) is 0 Å². The van der Waals surface area contributed by atoms with Crippen molar-refractivity contribution in [3.63, 3.8) is 0 Å². The van der Waals surface area contributed by atoms with Crippen molar-refractivity contribution in [1.82, 2.24) is 14.8 Å². The Bertz CT molecular complexity index is 638. The summed E-state index contributed by atoms with van der Waals surface area (Å²) in [6.45, 7) is 0. The van der Waals surface area contributed by atoms with Crippen LogP contribution >= 0.6 is 11.6 Å². The molecule has 17 heavy (non-hydrogen) atoms. The zero-order valence-electron chi connectivity index (χ0n) is 8.83. The third-order valence-electron chi connectivity index (χ3n) is 1.97. The minimum Gasteiger partial charge on any atom is -0.276 e. The van der Waals surface area contributed by atoms with Crippen molar-refractivity contribution in [3.05, 3.63) is 35.9 Å². The van der Waals surface area contributed by atoms with Crippen LogP contribution in [-0.4, -0.2) is 23.2 Å². The second kappa shape index (κ2) is 4.34. The summed E-state index contributed by atoms with van der Waals surface area (Å²) in [6.07, 6.45) is 4.37. The first-order valence-electron chi connectivity index (χ1n) is 4.61. The molecule has 90 valence electrons. The second-order valence-electron chi connectivity index (χ2n) is 3.30. The van der Waals surface area contributed by atoms with Crippen molar-refractivity contribution < 1.29 is 8.42 Å². The maximum absolute atomic E-state index is 12.0. The van der Waals surface area contributed by atoms with E-state index >= 15 is 0 Å². The monoisotopic (exact) mass is 272 g/mol. The molecule has 0 fully saturated rings. The van der Waals surface area contributed by atoms with Gasteiger partial charge in [0.2, 0.25) is 0 Å². The highest BCUT2D eigenvalue weighted by Crippen LogP contribution is 2.20. The smallest absolute Gasteiger partial charge is 0.265 e. The molecule has 0 saturated heterocycles. The Morgan fingerprint density at radius 1 is 1.47 bits per heavy atom. The van der Waals surface area contributed by atoms with Crippen molar-refractivity contribution in [3.8, 4) is 0 Å². The molecule has 0 aliphatic rings. The molecule has 0 bridgehead atoms. The lowest BCUT2D eigenvalue weighted by Crippen LogP contribution is -2.13. The second-order valence-corrected chi connectivity index (χ2v) is 5.31. The number of halogens is 1. The van der Waals surface area contributed by atoms with Gasteiger partial charge >= 0.3 is 0 Å². The van der Waals surface area contributed by atoms with Gasteiger partial charge in [0.15, 0.2) is 0 Å². The minimum atomic E-state index is -3.73. The van der Waals surface area contributed by atoms with E-state index in [9.17, 15) is 8.42 Å². The summed E-state index contributed by atoms with van der Waals surface area (Å²) in [5.74, 6) is 0. The van der Waals surface area contributed by atoms with E-state index in [4.69, 9.17) is 11.6 Å². The molecule has 0 radical (unpaired) electrons. The molecule has 0 spiro atoms. The largest absolute Gasteiger partial charge is 0.276 e. The number of sulfonamides is 1.